The second-order valence-electron chi connectivity index (χ2n) is 3.60. The maximum absolute atomic E-state index is 10.4. The Bertz CT molecular complexity index is 351. The normalized spacial score (nSPS) is 14.3. The molecule has 0 saturated heterocycles. The van der Waals surface area contributed by atoms with Crippen molar-refractivity contribution in [1.82, 2.24) is 5.32 Å². The Morgan fingerprint density at radius 1 is 1.47 bits per heavy atom. The zero-order valence-corrected chi connectivity index (χ0v) is 8.77. The number of aliphatic hydroxyl groups excluding tert-OH is 1. The summed E-state index contributed by atoms with van der Waals surface area (Å²) in [5, 5.41) is 20.6. The Morgan fingerprint density at radius 3 is 2.67 bits per heavy atom. The third kappa shape index (κ3) is 3.25. The van der Waals surface area contributed by atoms with E-state index in [0.29, 0.717) is 0 Å². The molecule has 4 nitrogen and oxygen atoms in total. The molecule has 0 spiro atoms. The van der Waals surface area contributed by atoms with Crippen LogP contribution in [0.15, 0.2) is 24.3 Å². The van der Waals surface area contributed by atoms with Gasteiger partial charge in [-0.1, -0.05) is 29.8 Å². The number of carbonyl (C=O) groups is 1. The topological polar surface area (TPSA) is 69.6 Å². The molecule has 1 rings (SSSR count). The van der Waals surface area contributed by atoms with Crippen molar-refractivity contribution in [3.05, 3.63) is 35.4 Å². The summed E-state index contributed by atoms with van der Waals surface area (Å²) >= 11 is 0. The zero-order chi connectivity index (χ0) is 11.4. The van der Waals surface area contributed by atoms with Crippen molar-refractivity contribution in [3.63, 3.8) is 0 Å². The Labute approximate surface area is 88.6 Å². The molecular weight excluding hydrogens is 194 g/mol. The molecule has 0 unspecified atom stereocenters. The van der Waals surface area contributed by atoms with Crippen LogP contribution in [0.3, 0.4) is 0 Å². The molecule has 2 atom stereocenters. The molecule has 0 fully saturated rings. The van der Waals surface area contributed by atoms with Crippen LogP contribution in [0.2, 0.25) is 0 Å². The highest BCUT2D eigenvalue weighted by molar-refractivity contribution is 5.64. The SMILES string of the molecule is Cc1cccc([C@@H](O)[C@H](C)NC(=O)O)c1. The van der Waals surface area contributed by atoms with Gasteiger partial charge in [0.25, 0.3) is 0 Å². The Hall–Kier alpha value is -1.55. The first-order valence-electron chi connectivity index (χ1n) is 4.75. The van der Waals surface area contributed by atoms with Gasteiger partial charge in [-0.3, -0.25) is 0 Å². The molecule has 0 heterocycles. The largest absolute Gasteiger partial charge is 0.465 e. The highest BCUT2D eigenvalue weighted by Gasteiger charge is 2.17. The number of aryl methyl sites for hydroxylation is 1. The van der Waals surface area contributed by atoms with Gasteiger partial charge in [-0.05, 0) is 19.4 Å². The van der Waals surface area contributed by atoms with E-state index in [1.165, 1.54) is 0 Å². The lowest BCUT2D eigenvalue weighted by Crippen LogP contribution is -2.35. The standard InChI is InChI=1S/C11H15NO3/c1-7-4-3-5-9(6-7)10(13)8(2)12-11(14)15/h3-6,8,10,12-13H,1-2H3,(H,14,15)/t8-,10-/m0/s1. The van der Waals surface area contributed by atoms with Crippen molar-refractivity contribution in [2.24, 2.45) is 0 Å². The maximum Gasteiger partial charge on any atom is 0.404 e. The van der Waals surface area contributed by atoms with Crippen LogP contribution in [0.4, 0.5) is 4.79 Å². The van der Waals surface area contributed by atoms with Gasteiger partial charge < -0.3 is 15.5 Å². The number of rotatable bonds is 3. The van der Waals surface area contributed by atoms with Gasteiger partial charge in [-0.15, -0.1) is 0 Å². The number of amides is 1. The number of nitrogens with one attached hydrogen (secondary N) is 1. The lowest BCUT2D eigenvalue weighted by atomic mass is 10.0. The molecule has 0 aromatic heterocycles. The van der Waals surface area contributed by atoms with Crippen molar-refractivity contribution in [3.8, 4) is 0 Å². The first kappa shape index (κ1) is 11.5. The van der Waals surface area contributed by atoms with E-state index in [-0.39, 0.29) is 0 Å². The predicted molar refractivity (Wildman–Crippen MR) is 56.8 cm³/mol. The van der Waals surface area contributed by atoms with Crippen LogP contribution in [0.25, 0.3) is 0 Å². The second kappa shape index (κ2) is 4.79. The van der Waals surface area contributed by atoms with Crippen LogP contribution >= 0.6 is 0 Å². The van der Waals surface area contributed by atoms with Crippen LogP contribution in [-0.2, 0) is 0 Å². The molecule has 15 heavy (non-hydrogen) atoms. The molecule has 82 valence electrons. The molecule has 0 bridgehead atoms. The summed E-state index contributed by atoms with van der Waals surface area (Å²) in [6.45, 7) is 3.55. The van der Waals surface area contributed by atoms with Crippen LogP contribution < -0.4 is 5.32 Å². The fraction of sp³-hybridized carbons (Fsp3) is 0.364. The van der Waals surface area contributed by atoms with Gasteiger partial charge in [-0.25, -0.2) is 4.79 Å². The maximum atomic E-state index is 10.4. The molecule has 1 aromatic carbocycles. The van der Waals surface area contributed by atoms with Crippen LogP contribution in [-0.4, -0.2) is 22.3 Å². The fourth-order valence-corrected chi connectivity index (χ4v) is 1.42. The minimum Gasteiger partial charge on any atom is -0.465 e. The van der Waals surface area contributed by atoms with Crippen LogP contribution in [0, 0.1) is 6.92 Å². The summed E-state index contributed by atoms with van der Waals surface area (Å²) in [7, 11) is 0. The number of aliphatic hydroxyl groups is 1. The third-order valence-corrected chi connectivity index (χ3v) is 2.21. The van der Waals surface area contributed by atoms with Gasteiger partial charge in [-0.2, -0.15) is 0 Å². The molecule has 0 aliphatic rings. The van der Waals surface area contributed by atoms with Crippen molar-refractivity contribution in [2.75, 3.05) is 0 Å². The van der Waals surface area contributed by atoms with Gasteiger partial charge in [0.05, 0.1) is 12.1 Å². The molecule has 0 aliphatic carbocycles. The van der Waals surface area contributed by atoms with Crippen molar-refractivity contribution >= 4 is 6.09 Å². The van der Waals surface area contributed by atoms with E-state index in [1.54, 1.807) is 13.0 Å². The Kier molecular flexibility index (Phi) is 3.68. The molecule has 1 amide bonds. The highest BCUT2D eigenvalue weighted by atomic mass is 16.4. The summed E-state index contributed by atoms with van der Waals surface area (Å²) in [6, 6.07) is 6.85. The van der Waals surface area contributed by atoms with Crippen molar-refractivity contribution in [2.45, 2.75) is 26.0 Å². The lowest BCUT2D eigenvalue weighted by molar-refractivity contribution is 0.127. The van der Waals surface area contributed by atoms with E-state index < -0.39 is 18.2 Å². The minimum absolute atomic E-state index is 0.524. The fourth-order valence-electron chi connectivity index (χ4n) is 1.42. The molecular formula is C11H15NO3. The molecule has 0 radical (unpaired) electrons. The van der Waals surface area contributed by atoms with E-state index >= 15 is 0 Å². The smallest absolute Gasteiger partial charge is 0.404 e. The molecule has 0 aliphatic heterocycles. The molecule has 0 saturated carbocycles. The van der Waals surface area contributed by atoms with Crippen molar-refractivity contribution < 1.29 is 15.0 Å². The first-order valence-corrected chi connectivity index (χ1v) is 4.75. The number of hydrogen-bond acceptors (Lipinski definition) is 2. The zero-order valence-electron chi connectivity index (χ0n) is 8.77. The Morgan fingerprint density at radius 2 is 2.13 bits per heavy atom. The summed E-state index contributed by atoms with van der Waals surface area (Å²) in [5.74, 6) is 0. The third-order valence-electron chi connectivity index (χ3n) is 2.21. The average molecular weight is 209 g/mol. The van der Waals surface area contributed by atoms with Crippen LogP contribution in [0.5, 0.6) is 0 Å². The Balaban J connectivity index is 2.75. The summed E-state index contributed by atoms with van der Waals surface area (Å²) in [5.41, 5.74) is 1.75. The van der Waals surface area contributed by atoms with Crippen molar-refractivity contribution in [1.29, 1.82) is 0 Å². The van der Waals surface area contributed by atoms with Gasteiger partial charge >= 0.3 is 6.09 Å². The van der Waals surface area contributed by atoms with Crippen LogP contribution in [0.1, 0.15) is 24.2 Å². The van der Waals surface area contributed by atoms with Gasteiger partial charge in [0.15, 0.2) is 0 Å². The molecule has 1 aromatic rings. The number of hydrogen-bond donors (Lipinski definition) is 3. The molecule has 4 heteroatoms. The number of carboxylic acid groups (broad SMARTS) is 1. The van der Waals surface area contributed by atoms with Gasteiger partial charge in [0, 0.05) is 0 Å². The van der Waals surface area contributed by atoms with E-state index in [1.807, 2.05) is 25.1 Å². The van der Waals surface area contributed by atoms with Gasteiger partial charge in [0.1, 0.15) is 0 Å². The average Bonchev–Trinajstić information content (AvgIpc) is 2.15. The van der Waals surface area contributed by atoms with E-state index in [2.05, 4.69) is 5.32 Å². The van der Waals surface area contributed by atoms with E-state index in [4.69, 9.17) is 5.11 Å². The number of benzene rings is 1. The van der Waals surface area contributed by atoms with Gasteiger partial charge in [0.2, 0.25) is 0 Å². The monoisotopic (exact) mass is 209 g/mol. The summed E-state index contributed by atoms with van der Waals surface area (Å²) < 4.78 is 0. The van der Waals surface area contributed by atoms with E-state index in [0.717, 1.165) is 11.1 Å². The summed E-state index contributed by atoms with van der Waals surface area (Å²) in [4.78, 5) is 10.4. The first-order chi connectivity index (χ1) is 7.00. The predicted octanol–water partition coefficient (Wildman–Crippen LogP) is 1.68. The summed E-state index contributed by atoms with van der Waals surface area (Å²) in [6.07, 6.45) is -1.95. The minimum atomic E-state index is -1.13. The second-order valence-corrected chi connectivity index (χ2v) is 3.60. The lowest BCUT2D eigenvalue weighted by Gasteiger charge is -2.19. The highest BCUT2D eigenvalue weighted by Crippen LogP contribution is 2.17. The van der Waals surface area contributed by atoms with E-state index in [9.17, 15) is 9.90 Å². The molecule has 3 N–H and O–H groups in total. The quantitative estimate of drug-likeness (QED) is 0.709.